The van der Waals surface area contributed by atoms with Crippen molar-refractivity contribution in [1.82, 2.24) is 19.8 Å². The van der Waals surface area contributed by atoms with E-state index >= 15 is 0 Å². The Labute approximate surface area is 162 Å². The average molecular weight is 386 g/mol. The highest BCUT2D eigenvalue weighted by molar-refractivity contribution is 8.00. The predicted octanol–water partition coefficient (Wildman–Crippen LogP) is 3.62. The molecule has 142 valence electrons. The lowest BCUT2D eigenvalue weighted by atomic mass is 10.2. The van der Waals surface area contributed by atoms with Gasteiger partial charge in [0.05, 0.1) is 13.2 Å². The molecule has 0 aliphatic carbocycles. The summed E-state index contributed by atoms with van der Waals surface area (Å²) >= 11 is 1.39. The quantitative estimate of drug-likeness (QED) is 0.432. The second kappa shape index (κ2) is 8.85. The van der Waals surface area contributed by atoms with Gasteiger partial charge in [0.15, 0.2) is 11.5 Å². The van der Waals surface area contributed by atoms with E-state index in [-0.39, 0.29) is 11.2 Å². The number of hydrogen-bond acceptors (Lipinski definition) is 7. The highest BCUT2D eigenvalue weighted by Crippen LogP contribution is 2.26. The second-order valence-electron chi connectivity index (χ2n) is 5.69. The van der Waals surface area contributed by atoms with Crippen molar-refractivity contribution in [2.24, 2.45) is 0 Å². The molecule has 0 aliphatic heterocycles. The minimum Gasteiger partial charge on any atom is -0.494 e. The molecule has 8 heteroatoms. The van der Waals surface area contributed by atoms with Gasteiger partial charge in [0.25, 0.3) is 0 Å². The van der Waals surface area contributed by atoms with Crippen molar-refractivity contribution in [1.29, 1.82) is 0 Å². The van der Waals surface area contributed by atoms with E-state index in [1.807, 2.05) is 50.2 Å². The number of nitrogens with zero attached hydrogens (tertiary/aromatic N) is 4. The van der Waals surface area contributed by atoms with Crippen molar-refractivity contribution in [3.8, 4) is 17.1 Å². The van der Waals surface area contributed by atoms with Crippen molar-refractivity contribution in [3.63, 3.8) is 0 Å². The Morgan fingerprint density at radius 2 is 1.85 bits per heavy atom. The van der Waals surface area contributed by atoms with E-state index in [2.05, 4.69) is 15.3 Å². The summed E-state index contributed by atoms with van der Waals surface area (Å²) < 4.78 is 12.3. The summed E-state index contributed by atoms with van der Waals surface area (Å²) in [5, 5.41) is 13.5. The summed E-state index contributed by atoms with van der Waals surface area (Å²) in [6.45, 7) is 6.70. The van der Waals surface area contributed by atoms with Gasteiger partial charge in [-0.2, -0.15) is 9.61 Å². The summed E-state index contributed by atoms with van der Waals surface area (Å²) in [6.07, 6.45) is 0.664. The van der Waals surface area contributed by atoms with Gasteiger partial charge in [-0.15, -0.1) is 10.2 Å². The monoisotopic (exact) mass is 386 g/mol. The number of carbonyl (C=O) groups excluding carboxylic acids is 1. The Bertz CT molecular complexity index is 911. The molecule has 0 fully saturated rings. The fraction of sp³-hybridized carbons (Fsp3) is 0.368. The molecule has 3 aromatic rings. The van der Waals surface area contributed by atoms with Crippen LogP contribution in [0, 0.1) is 0 Å². The normalized spacial score (nSPS) is 12.1. The van der Waals surface area contributed by atoms with Gasteiger partial charge in [-0.3, -0.25) is 4.79 Å². The van der Waals surface area contributed by atoms with E-state index in [4.69, 9.17) is 9.47 Å². The number of benzene rings is 1. The lowest BCUT2D eigenvalue weighted by molar-refractivity contribution is -0.142. The molecule has 3 rings (SSSR count). The van der Waals surface area contributed by atoms with Crippen LogP contribution in [-0.2, 0) is 9.53 Å². The summed E-state index contributed by atoms with van der Waals surface area (Å²) in [6, 6.07) is 11.3. The van der Waals surface area contributed by atoms with Crippen LogP contribution in [0.4, 0.5) is 0 Å². The fourth-order valence-corrected chi connectivity index (χ4v) is 3.46. The van der Waals surface area contributed by atoms with Crippen LogP contribution in [0.25, 0.3) is 17.0 Å². The van der Waals surface area contributed by atoms with Crippen molar-refractivity contribution in [3.05, 3.63) is 36.4 Å². The molecule has 7 nitrogen and oxygen atoms in total. The van der Waals surface area contributed by atoms with Crippen LogP contribution in [0.2, 0.25) is 0 Å². The molecule has 1 atom stereocenters. The van der Waals surface area contributed by atoms with Crippen LogP contribution in [-0.4, -0.2) is 44.2 Å². The molecule has 0 radical (unpaired) electrons. The van der Waals surface area contributed by atoms with Gasteiger partial charge in [0, 0.05) is 5.56 Å². The number of esters is 1. The first-order valence-corrected chi connectivity index (χ1v) is 9.83. The van der Waals surface area contributed by atoms with Crippen molar-refractivity contribution in [2.45, 2.75) is 37.5 Å². The third-order valence-corrected chi connectivity index (χ3v) is 5.11. The highest BCUT2D eigenvalue weighted by Gasteiger charge is 2.20. The summed E-state index contributed by atoms with van der Waals surface area (Å²) in [4.78, 5) is 12.1. The van der Waals surface area contributed by atoms with Crippen LogP contribution in [0.15, 0.2) is 41.4 Å². The molecular weight excluding hydrogens is 364 g/mol. The van der Waals surface area contributed by atoms with Crippen molar-refractivity contribution >= 4 is 23.4 Å². The molecule has 0 saturated heterocycles. The summed E-state index contributed by atoms with van der Waals surface area (Å²) in [7, 11) is 0. The summed E-state index contributed by atoms with van der Waals surface area (Å²) in [5.41, 5.74) is 1.53. The zero-order chi connectivity index (χ0) is 19.2. The first-order chi connectivity index (χ1) is 13.2. The molecule has 2 heterocycles. The van der Waals surface area contributed by atoms with Crippen molar-refractivity contribution < 1.29 is 14.3 Å². The minimum absolute atomic E-state index is 0.220. The highest BCUT2D eigenvalue weighted by atomic mass is 32.2. The molecule has 0 amide bonds. The molecule has 1 aromatic carbocycles. The SMILES string of the molecule is CCOC(=O)C(CC)Sc1ccc2nnc(-c3ccc(OCC)cc3)n2n1. The largest absolute Gasteiger partial charge is 0.494 e. The van der Waals surface area contributed by atoms with Gasteiger partial charge in [0.1, 0.15) is 16.0 Å². The van der Waals surface area contributed by atoms with Gasteiger partial charge >= 0.3 is 5.97 Å². The number of aromatic nitrogens is 4. The lowest BCUT2D eigenvalue weighted by Gasteiger charge is -2.12. The maximum Gasteiger partial charge on any atom is 0.319 e. The molecule has 0 bridgehead atoms. The molecule has 1 unspecified atom stereocenters. The predicted molar refractivity (Wildman–Crippen MR) is 104 cm³/mol. The molecular formula is C19H22N4O3S. The third kappa shape index (κ3) is 4.39. The van der Waals surface area contributed by atoms with Crippen LogP contribution in [0.1, 0.15) is 27.2 Å². The fourth-order valence-electron chi connectivity index (χ4n) is 2.56. The minimum atomic E-state index is -0.291. The molecule has 27 heavy (non-hydrogen) atoms. The smallest absolute Gasteiger partial charge is 0.319 e. The van der Waals surface area contributed by atoms with Crippen LogP contribution >= 0.6 is 11.8 Å². The Balaban J connectivity index is 1.88. The lowest BCUT2D eigenvalue weighted by Crippen LogP contribution is -2.19. The topological polar surface area (TPSA) is 78.6 Å². The Kier molecular flexibility index (Phi) is 6.28. The van der Waals surface area contributed by atoms with E-state index < -0.39 is 0 Å². The second-order valence-corrected chi connectivity index (χ2v) is 6.91. The molecule has 0 N–H and O–H groups in total. The van der Waals surface area contributed by atoms with E-state index in [0.717, 1.165) is 16.3 Å². The maximum absolute atomic E-state index is 12.1. The molecule has 0 spiro atoms. The Morgan fingerprint density at radius 1 is 1.07 bits per heavy atom. The van der Waals surface area contributed by atoms with Gasteiger partial charge in [-0.25, -0.2) is 0 Å². The molecule has 0 aliphatic rings. The van der Waals surface area contributed by atoms with Crippen LogP contribution in [0.3, 0.4) is 0 Å². The standard InChI is InChI=1S/C19H22N4O3S/c1-4-15(19(24)26-6-3)27-17-12-11-16-20-21-18(23(16)22-17)13-7-9-14(10-8-13)25-5-2/h7-12,15H,4-6H2,1-3H3. The van der Waals surface area contributed by atoms with Gasteiger partial charge in [-0.1, -0.05) is 18.7 Å². The summed E-state index contributed by atoms with van der Waals surface area (Å²) in [5.74, 6) is 1.22. The number of ether oxygens (including phenoxy) is 2. The van der Waals surface area contributed by atoms with E-state index in [1.54, 1.807) is 11.4 Å². The van der Waals surface area contributed by atoms with Gasteiger partial charge < -0.3 is 9.47 Å². The number of carbonyl (C=O) groups is 1. The van der Waals surface area contributed by atoms with Crippen molar-refractivity contribution in [2.75, 3.05) is 13.2 Å². The first-order valence-electron chi connectivity index (χ1n) is 8.95. The van der Waals surface area contributed by atoms with E-state index in [1.165, 1.54) is 11.8 Å². The van der Waals surface area contributed by atoms with Gasteiger partial charge in [0.2, 0.25) is 0 Å². The Morgan fingerprint density at radius 3 is 2.52 bits per heavy atom. The van der Waals surface area contributed by atoms with E-state index in [9.17, 15) is 4.79 Å². The number of rotatable bonds is 8. The molecule has 2 aromatic heterocycles. The van der Waals surface area contributed by atoms with Crippen LogP contribution in [0.5, 0.6) is 5.75 Å². The first kappa shape index (κ1) is 19.2. The van der Waals surface area contributed by atoms with E-state index in [0.29, 0.717) is 31.1 Å². The zero-order valence-corrected chi connectivity index (χ0v) is 16.4. The maximum atomic E-state index is 12.1. The number of fused-ring (bicyclic) bond motifs is 1. The molecule has 0 saturated carbocycles. The number of hydrogen-bond donors (Lipinski definition) is 0. The number of thioether (sulfide) groups is 1. The Hall–Kier alpha value is -2.61. The third-order valence-electron chi connectivity index (χ3n) is 3.85. The van der Waals surface area contributed by atoms with Crippen LogP contribution < -0.4 is 4.74 Å². The average Bonchev–Trinajstić information content (AvgIpc) is 3.10. The van der Waals surface area contributed by atoms with Gasteiger partial charge in [-0.05, 0) is 56.7 Å². The zero-order valence-electron chi connectivity index (χ0n) is 15.6.